The first-order valence-electron chi connectivity index (χ1n) is 8.47. The topological polar surface area (TPSA) is 41.5 Å². The molecule has 1 aromatic rings. The van der Waals surface area contributed by atoms with Gasteiger partial charge in [-0.1, -0.05) is 73.6 Å². The van der Waals surface area contributed by atoms with Crippen LogP contribution in [0.1, 0.15) is 39.2 Å². The summed E-state index contributed by atoms with van der Waals surface area (Å²) in [5.74, 6) is 0.652. The average Bonchev–Trinajstić information content (AvgIpc) is 2.60. The molecule has 0 bridgehead atoms. The molecule has 0 atom stereocenters. The Labute approximate surface area is 160 Å². The van der Waals surface area contributed by atoms with E-state index in [-0.39, 0.29) is 5.91 Å². The third-order valence-electron chi connectivity index (χ3n) is 3.45. The number of benzene rings is 1. The predicted octanol–water partition coefficient (Wildman–Crippen LogP) is 5.41. The highest BCUT2D eigenvalue weighted by molar-refractivity contribution is 8.03. The minimum atomic E-state index is 0.0545. The summed E-state index contributed by atoms with van der Waals surface area (Å²) >= 11 is 7.80. The number of rotatable bonds is 9. The first-order chi connectivity index (χ1) is 12.0. The second-order valence-electron chi connectivity index (χ2n) is 5.94. The lowest BCUT2D eigenvalue weighted by molar-refractivity contribution is -0.120. The van der Waals surface area contributed by atoms with Crippen LogP contribution in [0.2, 0.25) is 0 Å². The van der Waals surface area contributed by atoms with E-state index in [4.69, 9.17) is 11.6 Å². The smallest absolute Gasteiger partial charge is 0.223 e. The van der Waals surface area contributed by atoms with E-state index in [1.54, 1.807) is 18.8 Å². The zero-order chi connectivity index (χ0) is 18.7. The zero-order valence-electron chi connectivity index (χ0n) is 15.4. The Balaban J connectivity index is 2.63. The summed E-state index contributed by atoms with van der Waals surface area (Å²) in [6, 6.07) is 7.89. The largest absolute Gasteiger partial charge is 0.356 e. The lowest BCUT2D eigenvalue weighted by atomic mass is 10.1. The first-order valence-corrected chi connectivity index (χ1v) is 9.66. The number of carbonyl (C=O) groups is 1. The zero-order valence-corrected chi connectivity index (χ0v) is 17.0. The minimum absolute atomic E-state index is 0.0545. The van der Waals surface area contributed by atoms with E-state index in [0.717, 1.165) is 28.3 Å². The maximum atomic E-state index is 11.8. The van der Waals surface area contributed by atoms with E-state index in [9.17, 15) is 4.79 Å². The van der Waals surface area contributed by atoms with Crippen LogP contribution in [0.5, 0.6) is 0 Å². The van der Waals surface area contributed by atoms with Crippen molar-refractivity contribution in [3.05, 3.63) is 53.0 Å². The van der Waals surface area contributed by atoms with Crippen LogP contribution in [0.4, 0.5) is 0 Å². The van der Waals surface area contributed by atoms with Crippen molar-refractivity contribution in [2.45, 2.75) is 38.5 Å². The number of hydrogen-bond acceptors (Lipinski definition) is 3. The van der Waals surface area contributed by atoms with E-state index in [0.29, 0.717) is 17.5 Å². The Hall–Kier alpha value is -1.52. The molecule has 0 aliphatic rings. The molecular weight excluding hydrogens is 352 g/mol. The molecule has 1 amide bonds. The van der Waals surface area contributed by atoms with Crippen molar-refractivity contribution in [2.24, 2.45) is 10.9 Å². The third-order valence-corrected chi connectivity index (χ3v) is 5.00. The van der Waals surface area contributed by atoms with Gasteiger partial charge in [-0.2, -0.15) is 0 Å². The predicted molar refractivity (Wildman–Crippen MR) is 111 cm³/mol. The van der Waals surface area contributed by atoms with Crippen molar-refractivity contribution in [3.63, 3.8) is 0 Å². The van der Waals surface area contributed by atoms with Gasteiger partial charge in [0.15, 0.2) is 0 Å². The van der Waals surface area contributed by atoms with Crippen molar-refractivity contribution in [2.75, 3.05) is 13.6 Å². The number of amides is 1. The van der Waals surface area contributed by atoms with Gasteiger partial charge in [0.25, 0.3) is 0 Å². The van der Waals surface area contributed by atoms with Crippen LogP contribution in [0.15, 0.2) is 57.3 Å². The number of aliphatic imine (C=N–C) groups is 1. The molecule has 0 aliphatic carbocycles. The van der Waals surface area contributed by atoms with Gasteiger partial charge < -0.3 is 5.32 Å². The van der Waals surface area contributed by atoms with Crippen LogP contribution in [-0.2, 0) is 4.79 Å². The molecule has 5 heteroatoms. The summed E-state index contributed by atoms with van der Waals surface area (Å²) in [6.45, 7) is 7.01. The molecule has 0 radical (unpaired) electrons. The van der Waals surface area contributed by atoms with E-state index in [2.05, 4.69) is 24.2 Å². The van der Waals surface area contributed by atoms with E-state index < -0.39 is 0 Å². The Kier molecular flexibility index (Phi) is 10.3. The highest BCUT2D eigenvalue weighted by Gasteiger charge is 2.08. The van der Waals surface area contributed by atoms with Crippen LogP contribution in [0.25, 0.3) is 0 Å². The quantitative estimate of drug-likeness (QED) is 0.354. The van der Waals surface area contributed by atoms with Gasteiger partial charge in [-0.25, -0.2) is 0 Å². The normalized spacial score (nSPS) is 12.9. The number of nitrogens with one attached hydrogen (secondary N) is 1. The summed E-state index contributed by atoms with van der Waals surface area (Å²) in [5, 5.41) is 3.43. The summed E-state index contributed by atoms with van der Waals surface area (Å²) in [5.41, 5.74) is 0.913. The number of nitrogens with zero attached hydrogens (tertiary/aromatic N) is 1. The first kappa shape index (κ1) is 21.5. The van der Waals surface area contributed by atoms with Crippen molar-refractivity contribution in [1.29, 1.82) is 0 Å². The van der Waals surface area contributed by atoms with Crippen molar-refractivity contribution in [1.82, 2.24) is 5.32 Å². The van der Waals surface area contributed by atoms with E-state index in [1.165, 1.54) is 0 Å². The van der Waals surface area contributed by atoms with Gasteiger partial charge in [0.2, 0.25) is 5.91 Å². The molecule has 0 fully saturated rings. The Morgan fingerprint density at radius 2 is 2.08 bits per heavy atom. The maximum absolute atomic E-state index is 11.8. The number of allylic oxidation sites excluding steroid dienone is 2. The van der Waals surface area contributed by atoms with Gasteiger partial charge in [0.1, 0.15) is 5.17 Å². The van der Waals surface area contributed by atoms with Crippen LogP contribution in [-0.4, -0.2) is 24.7 Å². The number of halogens is 1. The monoisotopic (exact) mass is 378 g/mol. The van der Waals surface area contributed by atoms with Gasteiger partial charge in [-0.15, -0.1) is 0 Å². The average molecular weight is 379 g/mol. The molecule has 0 aliphatic heterocycles. The molecule has 1 aromatic carbocycles. The Morgan fingerprint density at radius 1 is 1.36 bits per heavy atom. The summed E-state index contributed by atoms with van der Waals surface area (Å²) < 4.78 is 0. The SMILES string of the molecule is C/C=C(\C=C/CC(=O)NCCC(C)C)Sc1ccccc1C(Cl)=NC. The Bertz CT molecular complexity index is 651. The fourth-order valence-corrected chi connectivity index (χ4v) is 3.20. The molecule has 25 heavy (non-hydrogen) atoms. The molecule has 0 spiro atoms. The number of hydrogen-bond donors (Lipinski definition) is 1. The van der Waals surface area contributed by atoms with E-state index >= 15 is 0 Å². The second kappa shape index (κ2) is 11.9. The van der Waals surface area contributed by atoms with Gasteiger partial charge in [0, 0.05) is 35.4 Å². The van der Waals surface area contributed by atoms with Crippen LogP contribution in [0.3, 0.4) is 0 Å². The van der Waals surface area contributed by atoms with Crippen LogP contribution >= 0.6 is 23.4 Å². The van der Waals surface area contributed by atoms with Gasteiger partial charge in [-0.05, 0) is 25.3 Å². The van der Waals surface area contributed by atoms with Crippen molar-refractivity contribution >= 4 is 34.4 Å². The lowest BCUT2D eigenvalue weighted by Gasteiger charge is -2.08. The Morgan fingerprint density at radius 3 is 2.72 bits per heavy atom. The van der Waals surface area contributed by atoms with Gasteiger partial charge in [-0.3, -0.25) is 9.79 Å². The highest BCUT2D eigenvalue weighted by Crippen LogP contribution is 2.31. The molecule has 0 unspecified atom stereocenters. The maximum Gasteiger partial charge on any atom is 0.223 e. The number of carbonyl (C=O) groups excluding carboxylic acids is 1. The fraction of sp³-hybridized carbons (Fsp3) is 0.400. The lowest BCUT2D eigenvalue weighted by Crippen LogP contribution is -2.24. The molecule has 136 valence electrons. The molecule has 0 saturated carbocycles. The third kappa shape index (κ3) is 8.41. The summed E-state index contributed by atoms with van der Waals surface area (Å²) in [6.07, 6.45) is 7.27. The molecule has 1 rings (SSSR count). The van der Waals surface area contributed by atoms with Crippen LogP contribution in [0, 0.1) is 5.92 Å². The van der Waals surface area contributed by atoms with Crippen LogP contribution < -0.4 is 5.32 Å². The van der Waals surface area contributed by atoms with Crippen molar-refractivity contribution < 1.29 is 4.79 Å². The molecule has 1 N–H and O–H groups in total. The van der Waals surface area contributed by atoms with Gasteiger partial charge in [0.05, 0.1) is 0 Å². The fourth-order valence-electron chi connectivity index (χ4n) is 2.02. The van der Waals surface area contributed by atoms with Gasteiger partial charge >= 0.3 is 0 Å². The highest BCUT2D eigenvalue weighted by atomic mass is 35.5. The summed E-state index contributed by atoms with van der Waals surface area (Å²) in [7, 11) is 1.68. The molecular formula is C20H27ClN2OS. The molecule has 0 aromatic heterocycles. The number of thioether (sulfide) groups is 1. The molecule has 0 saturated heterocycles. The standard InChI is InChI=1S/C20H27ClN2OS/c1-5-16(9-8-12-19(24)23-14-13-15(2)3)25-18-11-7-6-10-17(18)20(21)22-4/h5-11,15H,12-14H2,1-4H3,(H,23,24)/b9-8-,16-5+,22-20?. The van der Waals surface area contributed by atoms with Crippen molar-refractivity contribution in [3.8, 4) is 0 Å². The summed E-state index contributed by atoms with van der Waals surface area (Å²) in [4.78, 5) is 18.0. The minimum Gasteiger partial charge on any atom is -0.356 e. The van der Waals surface area contributed by atoms with E-state index in [1.807, 2.05) is 49.4 Å². The second-order valence-corrected chi connectivity index (χ2v) is 7.42. The molecule has 3 nitrogen and oxygen atoms in total. The molecule has 0 heterocycles.